The van der Waals surface area contributed by atoms with Gasteiger partial charge in [0, 0.05) is 19.1 Å². The van der Waals surface area contributed by atoms with Gasteiger partial charge in [0.1, 0.15) is 6.29 Å². The quantitative estimate of drug-likeness (QED) is 0.312. The molecule has 3 nitrogen and oxygen atoms in total. The molecule has 64 valence electrons. The van der Waals surface area contributed by atoms with Crippen LogP contribution in [0.4, 0.5) is 0 Å². The van der Waals surface area contributed by atoms with Crippen molar-refractivity contribution in [1.29, 1.82) is 0 Å². The van der Waals surface area contributed by atoms with Crippen LogP contribution in [0.15, 0.2) is 12.2 Å². The van der Waals surface area contributed by atoms with Crippen molar-refractivity contribution in [2.45, 2.75) is 0 Å². The number of ether oxygens (including phenoxy) is 1. The summed E-state index contributed by atoms with van der Waals surface area (Å²) in [5.74, 6) is 2.76. The van der Waals surface area contributed by atoms with Gasteiger partial charge in [-0.3, -0.25) is 4.79 Å². The Morgan fingerprint density at radius 3 is 2.75 bits per heavy atom. The first-order chi connectivity index (χ1) is 5.93. The number of aldehydes is 1. The zero-order valence-corrected chi connectivity index (χ0v) is 6.82. The molecule has 0 radical (unpaired) electrons. The summed E-state index contributed by atoms with van der Waals surface area (Å²) in [7, 11) is 0. The van der Waals surface area contributed by atoms with Gasteiger partial charge < -0.3 is 9.64 Å². The number of hydrogen-bond donors (Lipinski definition) is 0. The third-order valence-electron chi connectivity index (χ3n) is 1.49. The van der Waals surface area contributed by atoms with E-state index in [9.17, 15) is 4.79 Å². The summed E-state index contributed by atoms with van der Waals surface area (Å²) in [5, 5.41) is 0. The number of hydrogen-bond acceptors (Lipinski definition) is 3. The Labute approximate surface area is 72.0 Å². The molecule has 3 heteroatoms. The Balaban J connectivity index is 2.30. The number of nitrogens with zero attached hydrogens (tertiary/aromatic N) is 1. The van der Waals surface area contributed by atoms with Gasteiger partial charge in [0.25, 0.3) is 0 Å². The summed E-state index contributed by atoms with van der Waals surface area (Å²) >= 11 is 0. The number of carbonyl (C=O) groups excluding carboxylic acids is 1. The third-order valence-corrected chi connectivity index (χ3v) is 1.49. The molecule has 1 aliphatic heterocycles. The van der Waals surface area contributed by atoms with E-state index in [1.807, 2.05) is 4.90 Å². The van der Waals surface area contributed by atoms with Crippen LogP contribution in [0, 0.1) is 12.0 Å². The van der Waals surface area contributed by atoms with Gasteiger partial charge in [0.15, 0.2) is 0 Å². The number of allylic oxidation sites excluding steroid dienone is 2. The van der Waals surface area contributed by atoms with E-state index in [1.54, 1.807) is 6.08 Å². The van der Waals surface area contributed by atoms with Crippen LogP contribution in [0.25, 0.3) is 0 Å². The van der Waals surface area contributed by atoms with E-state index >= 15 is 0 Å². The van der Waals surface area contributed by atoms with Gasteiger partial charge in [-0.1, -0.05) is 5.92 Å². The van der Waals surface area contributed by atoms with Gasteiger partial charge in [0.05, 0.1) is 13.2 Å². The lowest BCUT2D eigenvalue weighted by Gasteiger charge is -2.22. The Hall–Kier alpha value is -1.27. The van der Waals surface area contributed by atoms with Gasteiger partial charge in [-0.25, -0.2) is 0 Å². The van der Waals surface area contributed by atoms with E-state index in [2.05, 4.69) is 12.0 Å². The molecule has 1 aliphatic rings. The molecule has 1 heterocycles. The summed E-state index contributed by atoms with van der Waals surface area (Å²) in [6.07, 6.45) is 3.64. The van der Waals surface area contributed by atoms with E-state index in [1.165, 1.54) is 6.08 Å². The van der Waals surface area contributed by atoms with E-state index in [0.29, 0.717) is 6.29 Å². The molecule has 1 rings (SSSR count). The van der Waals surface area contributed by atoms with E-state index in [-0.39, 0.29) is 0 Å². The molecule has 0 aliphatic carbocycles. The highest BCUT2D eigenvalue weighted by Gasteiger charge is 2.04. The predicted molar refractivity (Wildman–Crippen MR) is 45.4 cm³/mol. The minimum Gasteiger partial charge on any atom is -0.378 e. The van der Waals surface area contributed by atoms with Crippen LogP contribution in [0.1, 0.15) is 0 Å². The monoisotopic (exact) mass is 165 g/mol. The average molecular weight is 165 g/mol. The largest absolute Gasteiger partial charge is 0.378 e. The third kappa shape index (κ3) is 3.22. The number of morpholine rings is 1. The minimum atomic E-state index is 0.716. The van der Waals surface area contributed by atoms with Crippen molar-refractivity contribution in [3.05, 3.63) is 12.2 Å². The smallest absolute Gasteiger partial charge is 0.143 e. The second kappa shape index (κ2) is 5.39. The molecule has 0 atom stereocenters. The van der Waals surface area contributed by atoms with Crippen molar-refractivity contribution in [1.82, 2.24) is 4.90 Å². The van der Waals surface area contributed by atoms with Crippen molar-refractivity contribution >= 4 is 6.29 Å². The topological polar surface area (TPSA) is 29.5 Å². The molecule has 0 aromatic rings. The van der Waals surface area contributed by atoms with Gasteiger partial charge in [-0.2, -0.15) is 0 Å². The predicted octanol–water partition coefficient (Wildman–Crippen LogP) is 0.0346. The van der Waals surface area contributed by atoms with Crippen LogP contribution < -0.4 is 0 Å². The first-order valence-corrected chi connectivity index (χ1v) is 3.87. The second-order valence-corrected chi connectivity index (χ2v) is 2.35. The van der Waals surface area contributed by atoms with Crippen molar-refractivity contribution in [2.75, 3.05) is 26.3 Å². The first-order valence-electron chi connectivity index (χ1n) is 3.87. The maximum absolute atomic E-state index is 9.87. The Morgan fingerprint density at radius 2 is 2.08 bits per heavy atom. The molecule has 0 aromatic heterocycles. The SMILES string of the molecule is O=CC=CC#CN1CCOCC1. The summed E-state index contributed by atoms with van der Waals surface area (Å²) in [5.41, 5.74) is 0. The van der Waals surface area contributed by atoms with Crippen LogP contribution in [0.5, 0.6) is 0 Å². The van der Waals surface area contributed by atoms with Crippen molar-refractivity contribution in [2.24, 2.45) is 0 Å². The molecule has 1 fully saturated rings. The molecule has 0 N–H and O–H groups in total. The van der Waals surface area contributed by atoms with Crippen LogP contribution in [-0.4, -0.2) is 37.5 Å². The van der Waals surface area contributed by atoms with Crippen molar-refractivity contribution < 1.29 is 9.53 Å². The maximum atomic E-state index is 9.87. The molecule has 0 saturated carbocycles. The molecular formula is C9H11NO2. The molecule has 0 bridgehead atoms. The zero-order chi connectivity index (χ0) is 8.65. The van der Waals surface area contributed by atoms with E-state index in [0.717, 1.165) is 26.3 Å². The van der Waals surface area contributed by atoms with Crippen LogP contribution in [-0.2, 0) is 9.53 Å². The summed E-state index contributed by atoms with van der Waals surface area (Å²) in [4.78, 5) is 11.9. The molecule has 0 amide bonds. The molecule has 0 spiro atoms. The zero-order valence-electron chi connectivity index (χ0n) is 6.82. The average Bonchev–Trinajstić information content (AvgIpc) is 2.14. The highest BCUT2D eigenvalue weighted by atomic mass is 16.5. The molecule has 1 saturated heterocycles. The fourth-order valence-corrected chi connectivity index (χ4v) is 0.891. The number of rotatable bonds is 1. The highest BCUT2D eigenvalue weighted by molar-refractivity contribution is 5.65. The van der Waals surface area contributed by atoms with Gasteiger partial charge in [-0.05, 0) is 12.2 Å². The highest BCUT2D eigenvalue weighted by Crippen LogP contribution is 1.93. The van der Waals surface area contributed by atoms with Gasteiger partial charge in [-0.15, -0.1) is 0 Å². The Bertz CT molecular complexity index is 218. The minimum absolute atomic E-state index is 0.716. The van der Waals surface area contributed by atoms with Gasteiger partial charge in [0.2, 0.25) is 0 Å². The lowest BCUT2D eigenvalue weighted by atomic mass is 10.4. The molecule has 12 heavy (non-hydrogen) atoms. The fraction of sp³-hybridized carbons (Fsp3) is 0.444. The van der Waals surface area contributed by atoms with Crippen LogP contribution in [0.2, 0.25) is 0 Å². The first kappa shape index (κ1) is 8.82. The Kier molecular flexibility index (Phi) is 3.96. The summed E-state index contributed by atoms with van der Waals surface area (Å²) < 4.78 is 5.14. The van der Waals surface area contributed by atoms with Crippen molar-refractivity contribution in [3.63, 3.8) is 0 Å². The van der Waals surface area contributed by atoms with E-state index in [4.69, 9.17) is 4.74 Å². The fourth-order valence-electron chi connectivity index (χ4n) is 0.891. The van der Waals surface area contributed by atoms with Crippen LogP contribution in [0.3, 0.4) is 0 Å². The summed E-state index contributed by atoms with van der Waals surface area (Å²) in [6.45, 7) is 3.18. The number of carbonyl (C=O) groups is 1. The second-order valence-electron chi connectivity index (χ2n) is 2.35. The summed E-state index contributed by atoms with van der Waals surface area (Å²) in [6, 6.07) is 2.91. The maximum Gasteiger partial charge on any atom is 0.143 e. The van der Waals surface area contributed by atoms with Crippen LogP contribution >= 0.6 is 0 Å². The van der Waals surface area contributed by atoms with Crippen molar-refractivity contribution in [3.8, 4) is 12.0 Å². The molecule has 0 aromatic carbocycles. The molecular weight excluding hydrogens is 154 g/mol. The van der Waals surface area contributed by atoms with E-state index < -0.39 is 0 Å². The molecule has 0 unspecified atom stereocenters. The lowest BCUT2D eigenvalue weighted by Crippen LogP contribution is -2.32. The Morgan fingerprint density at radius 1 is 1.33 bits per heavy atom. The van der Waals surface area contributed by atoms with Gasteiger partial charge >= 0.3 is 0 Å². The normalized spacial score (nSPS) is 17.2. The standard InChI is InChI=1S/C9H11NO2/c11-7-3-1-2-4-10-5-8-12-9-6-10/h1,3,7H,5-6,8-9H2. The lowest BCUT2D eigenvalue weighted by molar-refractivity contribution is -0.104.